The van der Waals surface area contributed by atoms with Crippen molar-refractivity contribution in [3.63, 3.8) is 0 Å². The standard InChI is InChI=1S/C15H15N3O2S/c1-7-5-6-10(21-7)12-11-8(3-2-4-9(11)19)16-14-13(12)15(20)18-17-14/h5-6,12H,2-4H2,1H3,(H3,16,17,18,20)/t12-/m0/s1. The number of Topliss-reactive ketones (excluding diaryl/α,β-unsaturated/α-hetero) is 1. The van der Waals surface area contributed by atoms with Gasteiger partial charge < -0.3 is 5.32 Å². The number of hydrogen-bond acceptors (Lipinski definition) is 4. The van der Waals surface area contributed by atoms with Crippen LogP contribution in [0.1, 0.15) is 40.5 Å². The fraction of sp³-hybridized carbons (Fsp3) is 0.333. The Labute approximate surface area is 125 Å². The topological polar surface area (TPSA) is 77.8 Å². The number of nitrogens with one attached hydrogen (secondary N) is 3. The van der Waals surface area contributed by atoms with Gasteiger partial charge in [-0.25, -0.2) is 0 Å². The molecule has 108 valence electrons. The monoisotopic (exact) mass is 301 g/mol. The van der Waals surface area contributed by atoms with E-state index in [4.69, 9.17) is 0 Å². The number of carbonyl (C=O) groups is 1. The van der Waals surface area contributed by atoms with Crippen LogP contribution >= 0.6 is 11.3 Å². The van der Waals surface area contributed by atoms with Gasteiger partial charge in [-0.3, -0.25) is 19.8 Å². The molecule has 0 radical (unpaired) electrons. The number of carbonyl (C=O) groups excluding carboxylic acids is 1. The van der Waals surface area contributed by atoms with E-state index in [2.05, 4.69) is 15.5 Å². The maximum Gasteiger partial charge on any atom is 0.270 e. The van der Waals surface area contributed by atoms with Crippen LogP contribution in [0.3, 0.4) is 0 Å². The summed E-state index contributed by atoms with van der Waals surface area (Å²) in [6.45, 7) is 2.04. The molecule has 0 spiro atoms. The van der Waals surface area contributed by atoms with Crippen molar-refractivity contribution in [2.24, 2.45) is 0 Å². The first-order chi connectivity index (χ1) is 10.1. The number of fused-ring (bicyclic) bond motifs is 1. The highest BCUT2D eigenvalue weighted by atomic mass is 32.1. The summed E-state index contributed by atoms with van der Waals surface area (Å²) >= 11 is 1.65. The third-order valence-electron chi connectivity index (χ3n) is 4.17. The Hall–Kier alpha value is -2.08. The molecule has 4 rings (SSSR count). The van der Waals surface area contributed by atoms with Crippen LogP contribution in [0.15, 0.2) is 28.2 Å². The van der Waals surface area contributed by atoms with Crippen molar-refractivity contribution < 1.29 is 4.79 Å². The molecule has 0 bridgehead atoms. The van der Waals surface area contributed by atoms with Gasteiger partial charge in [0.15, 0.2) is 5.78 Å². The lowest BCUT2D eigenvalue weighted by molar-refractivity contribution is -0.116. The average Bonchev–Trinajstić information content (AvgIpc) is 3.04. The van der Waals surface area contributed by atoms with Gasteiger partial charge in [-0.05, 0) is 31.9 Å². The highest BCUT2D eigenvalue weighted by Crippen LogP contribution is 2.44. The van der Waals surface area contributed by atoms with E-state index in [1.54, 1.807) is 11.3 Å². The molecule has 1 aliphatic heterocycles. The molecule has 2 aliphatic rings. The number of aryl methyl sites for hydroxylation is 1. The van der Waals surface area contributed by atoms with Crippen LogP contribution in [-0.2, 0) is 4.79 Å². The molecule has 0 aromatic carbocycles. The predicted octanol–water partition coefficient (Wildman–Crippen LogP) is 2.64. The normalized spacial score (nSPS) is 21.0. The van der Waals surface area contributed by atoms with Gasteiger partial charge in [0.05, 0.1) is 11.5 Å². The van der Waals surface area contributed by atoms with Crippen molar-refractivity contribution >= 4 is 22.9 Å². The quantitative estimate of drug-likeness (QED) is 0.757. The van der Waals surface area contributed by atoms with E-state index in [-0.39, 0.29) is 17.3 Å². The van der Waals surface area contributed by atoms with Crippen molar-refractivity contribution in [3.8, 4) is 0 Å². The van der Waals surface area contributed by atoms with E-state index < -0.39 is 0 Å². The molecule has 0 saturated heterocycles. The molecule has 21 heavy (non-hydrogen) atoms. The Bertz CT molecular complexity index is 824. The van der Waals surface area contributed by atoms with Gasteiger partial charge in [0.2, 0.25) is 0 Å². The van der Waals surface area contributed by atoms with Gasteiger partial charge >= 0.3 is 0 Å². The third-order valence-corrected chi connectivity index (χ3v) is 5.24. The summed E-state index contributed by atoms with van der Waals surface area (Å²) in [5.74, 6) is 0.619. The summed E-state index contributed by atoms with van der Waals surface area (Å²) in [6.07, 6.45) is 2.29. The summed E-state index contributed by atoms with van der Waals surface area (Å²) in [7, 11) is 0. The number of thiophene rings is 1. The first kappa shape index (κ1) is 12.6. The smallest absolute Gasteiger partial charge is 0.270 e. The average molecular weight is 301 g/mol. The van der Waals surface area contributed by atoms with Crippen LogP contribution in [0.25, 0.3) is 0 Å². The van der Waals surface area contributed by atoms with Crippen LogP contribution in [0.2, 0.25) is 0 Å². The van der Waals surface area contributed by atoms with Gasteiger partial charge in [-0.1, -0.05) is 0 Å². The zero-order valence-corrected chi connectivity index (χ0v) is 12.4. The van der Waals surface area contributed by atoms with E-state index in [0.29, 0.717) is 17.8 Å². The van der Waals surface area contributed by atoms with Crippen LogP contribution in [0.4, 0.5) is 5.82 Å². The van der Waals surface area contributed by atoms with E-state index in [9.17, 15) is 9.59 Å². The summed E-state index contributed by atoms with van der Waals surface area (Å²) < 4.78 is 0. The van der Waals surface area contributed by atoms with Crippen LogP contribution in [0, 0.1) is 6.92 Å². The number of ketones is 1. The molecule has 1 aliphatic carbocycles. The summed E-state index contributed by atoms with van der Waals surface area (Å²) in [5.41, 5.74) is 2.22. The zero-order valence-electron chi connectivity index (χ0n) is 11.6. The van der Waals surface area contributed by atoms with Crippen molar-refractivity contribution in [1.82, 2.24) is 10.2 Å². The summed E-state index contributed by atoms with van der Waals surface area (Å²) in [5, 5.41) is 8.76. The fourth-order valence-corrected chi connectivity index (χ4v) is 4.26. The van der Waals surface area contributed by atoms with Crippen LogP contribution < -0.4 is 10.9 Å². The van der Waals surface area contributed by atoms with E-state index in [0.717, 1.165) is 29.0 Å². The molecule has 0 fully saturated rings. The second-order valence-electron chi connectivity index (χ2n) is 5.54. The Morgan fingerprint density at radius 1 is 1.19 bits per heavy atom. The van der Waals surface area contributed by atoms with Crippen molar-refractivity contribution in [1.29, 1.82) is 0 Å². The Morgan fingerprint density at radius 3 is 2.81 bits per heavy atom. The molecule has 2 aromatic rings. The number of aromatic amines is 2. The highest BCUT2D eigenvalue weighted by Gasteiger charge is 2.38. The third kappa shape index (κ3) is 1.82. The minimum atomic E-state index is -0.238. The Kier molecular flexibility index (Phi) is 2.68. The van der Waals surface area contributed by atoms with Gasteiger partial charge in [-0.2, -0.15) is 0 Å². The summed E-state index contributed by atoms with van der Waals surface area (Å²) in [4.78, 5) is 26.9. The van der Waals surface area contributed by atoms with Gasteiger partial charge in [0.25, 0.3) is 5.56 Å². The van der Waals surface area contributed by atoms with Gasteiger partial charge in [0.1, 0.15) is 5.82 Å². The lowest BCUT2D eigenvalue weighted by Crippen LogP contribution is -2.28. The van der Waals surface area contributed by atoms with E-state index in [1.165, 1.54) is 4.88 Å². The number of rotatable bonds is 1. The van der Waals surface area contributed by atoms with E-state index >= 15 is 0 Å². The van der Waals surface area contributed by atoms with Crippen molar-refractivity contribution in [3.05, 3.63) is 49.1 Å². The number of hydrogen-bond donors (Lipinski definition) is 3. The lowest BCUT2D eigenvalue weighted by atomic mass is 9.79. The Morgan fingerprint density at radius 2 is 2.05 bits per heavy atom. The van der Waals surface area contributed by atoms with Crippen molar-refractivity contribution in [2.45, 2.75) is 32.1 Å². The number of allylic oxidation sites excluding steroid dienone is 2. The summed E-state index contributed by atoms with van der Waals surface area (Å²) in [6, 6.07) is 4.06. The first-order valence-corrected chi connectivity index (χ1v) is 7.87. The molecular weight excluding hydrogens is 286 g/mol. The van der Waals surface area contributed by atoms with Crippen LogP contribution in [-0.4, -0.2) is 16.0 Å². The largest absolute Gasteiger partial charge is 0.343 e. The molecule has 0 amide bonds. The van der Waals surface area contributed by atoms with Gasteiger partial charge in [-0.15, -0.1) is 11.3 Å². The van der Waals surface area contributed by atoms with Crippen molar-refractivity contribution in [2.75, 3.05) is 5.32 Å². The Balaban J connectivity index is 1.98. The molecule has 0 saturated carbocycles. The minimum Gasteiger partial charge on any atom is -0.343 e. The van der Waals surface area contributed by atoms with E-state index in [1.807, 2.05) is 19.1 Å². The fourth-order valence-electron chi connectivity index (χ4n) is 3.26. The molecule has 0 unspecified atom stereocenters. The lowest BCUT2D eigenvalue weighted by Gasteiger charge is -2.30. The zero-order chi connectivity index (χ0) is 14.6. The SMILES string of the molecule is Cc1ccc([C@H]2C3=C(CCCC3=O)Nc3[nH][nH]c(=O)c32)s1. The number of anilines is 1. The predicted molar refractivity (Wildman–Crippen MR) is 81.8 cm³/mol. The minimum absolute atomic E-state index is 0.154. The van der Waals surface area contributed by atoms with Gasteiger partial charge in [0, 0.05) is 27.4 Å². The number of H-pyrrole nitrogens is 2. The molecule has 5 nitrogen and oxygen atoms in total. The first-order valence-electron chi connectivity index (χ1n) is 7.05. The second kappa shape index (κ2) is 4.46. The molecule has 2 aromatic heterocycles. The highest BCUT2D eigenvalue weighted by molar-refractivity contribution is 7.12. The molecule has 1 atom stereocenters. The maximum atomic E-state index is 12.4. The molecular formula is C15H15N3O2S. The number of aromatic nitrogens is 2. The molecule has 6 heteroatoms. The molecule has 3 N–H and O–H groups in total. The van der Waals surface area contributed by atoms with Crippen LogP contribution in [0.5, 0.6) is 0 Å². The maximum absolute atomic E-state index is 12.4. The second-order valence-corrected chi connectivity index (χ2v) is 6.86. The molecule has 3 heterocycles.